The minimum Gasteiger partial charge on any atom is -0.469 e. The summed E-state index contributed by atoms with van der Waals surface area (Å²) in [6.45, 7) is 0. The van der Waals surface area contributed by atoms with Crippen molar-refractivity contribution in [3.63, 3.8) is 0 Å². The summed E-state index contributed by atoms with van der Waals surface area (Å²) in [6, 6.07) is 8.89. The topological polar surface area (TPSA) is 94.0 Å². The van der Waals surface area contributed by atoms with Crippen LogP contribution in [-0.4, -0.2) is 44.2 Å². The number of imidazole rings is 1. The quantitative estimate of drug-likeness (QED) is 0.0660. The molecule has 36 heavy (non-hydrogen) atoms. The molecule has 2 aromatic heterocycles. The van der Waals surface area contributed by atoms with E-state index in [4.69, 9.17) is 9.97 Å². The van der Waals surface area contributed by atoms with E-state index < -0.39 is 0 Å². The van der Waals surface area contributed by atoms with Gasteiger partial charge in [0.15, 0.2) is 17.0 Å². The van der Waals surface area contributed by atoms with Crippen molar-refractivity contribution in [1.29, 1.82) is 0 Å². The molecule has 1 fully saturated rings. The summed E-state index contributed by atoms with van der Waals surface area (Å²) < 4.78 is 6.76. The number of fused-ring (bicyclic) bond motifs is 1. The largest absolute Gasteiger partial charge is 0.469 e. The predicted molar refractivity (Wildman–Crippen MR) is 159 cm³/mol. The van der Waals surface area contributed by atoms with Crippen LogP contribution >= 0.6 is 40.2 Å². The molecule has 8 nitrogen and oxygen atoms in total. The van der Waals surface area contributed by atoms with E-state index in [2.05, 4.69) is 71.0 Å². The maximum Gasteiger partial charge on any atom is 0.305 e. The number of methoxy groups -OCH3 is 1. The smallest absolute Gasteiger partial charge is 0.305 e. The standard InChI is InChI=1S/C25H34IN6O2PS/c1-34-21(33)11-7-2-3-8-16-36-20-14-12-19(13-15-20)29-25-30-23(28-18-9-5-4-6-10-18)22-24(31-25)32(35-26)17-27-22/h12-15,17-18,35H,2-11,16H2,1H3,(H2,28,29,30,31). The minimum absolute atomic E-state index is 0.115. The van der Waals surface area contributed by atoms with Crippen LogP contribution in [0.15, 0.2) is 35.5 Å². The number of ether oxygens (including phenoxy) is 1. The number of nitrogens with one attached hydrogen (secondary N) is 2. The number of rotatable bonds is 13. The fourth-order valence-electron chi connectivity index (χ4n) is 4.34. The third kappa shape index (κ3) is 7.92. The van der Waals surface area contributed by atoms with Gasteiger partial charge in [0.05, 0.1) is 13.5 Å². The van der Waals surface area contributed by atoms with Crippen LogP contribution < -0.4 is 10.6 Å². The molecule has 1 aliphatic carbocycles. The summed E-state index contributed by atoms with van der Waals surface area (Å²) in [5.41, 5.74) is 2.66. The van der Waals surface area contributed by atoms with E-state index in [9.17, 15) is 4.79 Å². The Labute approximate surface area is 231 Å². The first-order valence-corrected chi connectivity index (χ1v) is 17.7. The van der Waals surface area contributed by atoms with Gasteiger partial charge in [-0.25, -0.2) is 4.98 Å². The van der Waals surface area contributed by atoms with Crippen molar-refractivity contribution in [2.24, 2.45) is 0 Å². The molecule has 0 spiro atoms. The van der Waals surface area contributed by atoms with Gasteiger partial charge in [0, 0.05) is 23.0 Å². The van der Waals surface area contributed by atoms with E-state index in [0.29, 0.717) is 24.8 Å². The molecule has 1 atom stereocenters. The number of unbranched alkanes of at least 4 members (excludes halogenated alkanes) is 3. The molecule has 0 aliphatic heterocycles. The van der Waals surface area contributed by atoms with E-state index in [1.807, 2.05) is 18.1 Å². The number of carbonyl (C=O) groups is 1. The maximum atomic E-state index is 11.2. The second-order valence-electron chi connectivity index (χ2n) is 8.98. The first-order valence-electron chi connectivity index (χ1n) is 12.6. The number of anilines is 3. The fourth-order valence-corrected chi connectivity index (χ4v) is 6.65. The number of benzene rings is 1. The average Bonchev–Trinajstić information content (AvgIpc) is 3.33. The van der Waals surface area contributed by atoms with E-state index in [0.717, 1.165) is 54.1 Å². The summed E-state index contributed by atoms with van der Waals surface area (Å²) in [7, 11) is 1.44. The zero-order valence-electron chi connectivity index (χ0n) is 20.6. The molecular formula is C25H34IN6O2PS. The van der Waals surface area contributed by atoms with Crippen LogP contribution in [0.3, 0.4) is 0 Å². The van der Waals surface area contributed by atoms with E-state index in [1.54, 1.807) is 0 Å². The number of carbonyl (C=O) groups excluding carboxylic acids is 1. The van der Waals surface area contributed by atoms with Crippen molar-refractivity contribution in [3.05, 3.63) is 30.6 Å². The number of hydrogen-bond donors (Lipinski definition) is 2. The van der Waals surface area contributed by atoms with Crippen molar-refractivity contribution in [2.45, 2.75) is 75.1 Å². The third-order valence-electron chi connectivity index (χ3n) is 6.32. The number of aromatic nitrogens is 4. The van der Waals surface area contributed by atoms with Crippen molar-refractivity contribution >= 4 is 74.8 Å². The summed E-state index contributed by atoms with van der Waals surface area (Å²) in [6.07, 6.45) is 13.3. The van der Waals surface area contributed by atoms with Crippen LogP contribution in [0.25, 0.3) is 11.2 Å². The Morgan fingerprint density at radius 1 is 1.14 bits per heavy atom. The lowest BCUT2D eigenvalue weighted by atomic mass is 9.95. The first kappa shape index (κ1) is 27.4. The van der Waals surface area contributed by atoms with Crippen LogP contribution in [0.4, 0.5) is 17.5 Å². The summed E-state index contributed by atoms with van der Waals surface area (Å²) in [5.74, 6) is 2.37. The van der Waals surface area contributed by atoms with Gasteiger partial charge in [-0.2, -0.15) is 9.97 Å². The molecule has 1 aromatic carbocycles. The van der Waals surface area contributed by atoms with Crippen LogP contribution in [-0.2, 0) is 9.53 Å². The Morgan fingerprint density at radius 2 is 1.92 bits per heavy atom. The van der Waals surface area contributed by atoms with Gasteiger partial charge in [-0.15, -0.1) is 11.8 Å². The lowest BCUT2D eigenvalue weighted by Crippen LogP contribution is -2.23. The highest BCUT2D eigenvalue weighted by Crippen LogP contribution is 2.32. The average molecular weight is 641 g/mol. The molecule has 1 unspecified atom stereocenters. The molecule has 0 bridgehead atoms. The van der Waals surface area contributed by atoms with Crippen molar-refractivity contribution in [2.75, 3.05) is 23.5 Å². The minimum atomic E-state index is -0.115. The lowest BCUT2D eigenvalue weighted by molar-refractivity contribution is -0.140. The molecule has 3 aromatic rings. The van der Waals surface area contributed by atoms with Crippen LogP contribution in [0.2, 0.25) is 0 Å². The molecule has 1 aliphatic rings. The van der Waals surface area contributed by atoms with Crippen LogP contribution in [0, 0.1) is 0 Å². The van der Waals surface area contributed by atoms with Gasteiger partial charge in [-0.1, -0.05) is 32.1 Å². The summed E-state index contributed by atoms with van der Waals surface area (Å²) in [4.78, 5) is 26.6. The first-order chi connectivity index (χ1) is 17.7. The van der Waals surface area contributed by atoms with Gasteiger partial charge in [-0.3, -0.25) is 9.13 Å². The van der Waals surface area contributed by atoms with Crippen LogP contribution in [0.5, 0.6) is 0 Å². The Morgan fingerprint density at radius 3 is 2.67 bits per heavy atom. The predicted octanol–water partition coefficient (Wildman–Crippen LogP) is 7.32. The van der Waals surface area contributed by atoms with Gasteiger partial charge in [0.2, 0.25) is 5.95 Å². The molecule has 2 N–H and O–H groups in total. The van der Waals surface area contributed by atoms with E-state index >= 15 is 0 Å². The van der Waals surface area contributed by atoms with Gasteiger partial charge in [0.1, 0.15) is 6.33 Å². The monoisotopic (exact) mass is 640 g/mol. The van der Waals surface area contributed by atoms with Gasteiger partial charge >= 0.3 is 5.97 Å². The molecule has 1 saturated carbocycles. The molecule has 2 heterocycles. The van der Waals surface area contributed by atoms with Crippen molar-refractivity contribution < 1.29 is 9.53 Å². The van der Waals surface area contributed by atoms with Gasteiger partial charge in [-0.05, 0) is 77.7 Å². The number of hydrogen-bond acceptors (Lipinski definition) is 8. The van der Waals surface area contributed by atoms with E-state index in [1.165, 1.54) is 44.1 Å². The highest BCUT2D eigenvalue weighted by molar-refractivity contribution is 14.2. The van der Waals surface area contributed by atoms with Crippen molar-refractivity contribution in [3.8, 4) is 0 Å². The van der Waals surface area contributed by atoms with Crippen molar-refractivity contribution in [1.82, 2.24) is 19.3 Å². The normalized spacial score (nSPS) is 14.5. The molecule has 0 saturated heterocycles. The number of esters is 1. The Kier molecular flexibility index (Phi) is 10.9. The molecule has 194 valence electrons. The molecule has 0 radical (unpaired) electrons. The van der Waals surface area contributed by atoms with E-state index in [-0.39, 0.29) is 5.97 Å². The fraction of sp³-hybridized carbons (Fsp3) is 0.520. The zero-order valence-corrected chi connectivity index (χ0v) is 24.6. The third-order valence-corrected chi connectivity index (χ3v) is 9.48. The van der Waals surface area contributed by atoms with Gasteiger partial charge < -0.3 is 15.4 Å². The zero-order chi connectivity index (χ0) is 25.2. The molecular weight excluding hydrogens is 606 g/mol. The number of nitrogens with zero attached hydrogens (tertiary/aromatic N) is 4. The SMILES string of the molecule is COC(=O)CCCCCCSc1ccc(Nc2nc(NC3CCCCC3)c3ncn(PI)c3n2)cc1. The highest BCUT2D eigenvalue weighted by Gasteiger charge is 2.18. The summed E-state index contributed by atoms with van der Waals surface area (Å²) >= 11 is 4.22. The Bertz CT molecular complexity index is 1120. The molecule has 0 amide bonds. The number of halogens is 1. The Balaban J connectivity index is 1.33. The van der Waals surface area contributed by atoms with Gasteiger partial charge in [0.25, 0.3) is 0 Å². The second kappa shape index (κ2) is 14.3. The lowest BCUT2D eigenvalue weighted by Gasteiger charge is -2.23. The molecule has 11 heteroatoms. The second-order valence-corrected chi connectivity index (χ2v) is 12.3. The summed E-state index contributed by atoms with van der Waals surface area (Å²) in [5, 5.41) is 7.05. The maximum absolute atomic E-state index is 11.2. The number of thioether (sulfide) groups is 1. The molecule has 4 rings (SSSR count). The Hall–Kier alpha value is -1.65. The van der Waals surface area contributed by atoms with Crippen LogP contribution in [0.1, 0.15) is 64.2 Å². The highest BCUT2D eigenvalue weighted by atomic mass is 127.